The predicted octanol–water partition coefficient (Wildman–Crippen LogP) is 2.99. The van der Waals surface area contributed by atoms with Crippen molar-refractivity contribution in [3.8, 4) is 0 Å². The number of nitrogens with one attached hydrogen (secondary N) is 2. The van der Waals surface area contributed by atoms with E-state index >= 15 is 0 Å². The molecule has 0 atom stereocenters. The molecule has 0 fully saturated rings. The van der Waals surface area contributed by atoms with Gasteiger partial charge in [-0.1, -0.05) is 37.3 Å². The smallest absolute Gasteiger partial charge is 0.261 e. The van der Waals surface area contributed by atoms with Gasteiger partial charge in [-0.25, -0.2) is 8.42 Å². The number of hydrogen-bond acceptors (Lipinski definition) is 3. The van der Waals surface area contributed by atoms with Crippen LogP contribution in [0, 0.1) is 0 Å². The molecule has 112 valence electrons. The highest BCUT2D eigenvalue weighted by atomic mass is 32.2. The Balaban J connectivity index is 2.03. The molecule has 4 nitrogen and oxygen atoms in total. The Labute approximate surface area is 126 Å². The van der Waals surface area contributed by atoms with Gasteiger partial charge in [0.1, 0.15) is 0 Å². The molecule has 0 radical (unpaired) electrons. The van der Waals surface area contributed by atoms with Crippen molar-refractivity contribution in [1.82, 2.24) is 5.32 Å². The fourth-order valence-corrected chi connectivity index (χ4v) is 2.99. The SMILES string of the molecule is CCCNCc1ccc(NS(=O)(=O)c2ccccc2)cc1. The molecule has 21 heavy (non-hydrogen) atoms. The fraction of sp³-hybridized carbons (Fsp3) is 0.250. The van der Waals surface area contributed by atoms with Crippen LogP contribution in [0.5, 0.6) is 0 Å². The predicted molar refractivity (Wildman–Crippen MR) is 85.7 cm³/mol. The third-order valence-corrected chi connectivity index (χ3v) is 4.41. The molecule has 2 aromatic carbocycles. The van der Waals surface area contributed by atoms with Crippen LogP contribution in [-0.2, 0) is 16.6 Å². The lowest BCUT2D eigenvalue weighted by Crippen LogP contribution is -2.14. The van der Waals surface area contributed by atoms with Gasteiger partial charge in [0, 0.05) is 12.2 Å². The second-order valence-corrected chi connectivity index (χ2v) is 6.47. The fourth-order valence-electron chi connectivity index (χ4n) is 1.91. The van der Waals surface area contributed by atoms with Crippen molar-refractivity contribution in [2.45, 2.75) is 24.8 Å². The number of sulfonamides is 1. The average Bonchev–Trinajstić information content (AvgIpc) is 2.50. The lowest BCUT2D eigenvalue weighted by atomic mass is 10.2. The monoisotopic (exact) mass is 304 g/mol. The van der Waals surface area contributed by atoms with Gasteiger partial charge >= 0.3 is 0 Å². The number of rotatable bonds is 7. The molecule has 0 aliphatic rings. The largest absolute Gasteiger partial charge is 0.313 e. The van der Waals surface area contributed by atoms with Crippen molar-refractivity contribution in [2.24, 2.45) is 0 Å². The summed E-state index contributed by atoms with van der Waals surface area (Å²) in [5, 5.41) is 3.31. The van der Waals surface area contributed by atoms with Crippen LogP contribution in [0.4, 0.5) is 5.69 Å². The van der Waals surface area contributed by atoms with E-state index in [1.807, 2.05) is 12.1 Å². The van der Waals surface area contributed by atoms with E-state index in [1.54, 1.807) is 42.5 Å². The molecule has 2 N–H and O–H groups in total. The Morgan fingerprint density at radius 3 is 2.24 bits per heavy atom. The summed E-state index contributed by atoms with van der Waals surface area (Å²) in [6, 6.07) is 15.8. The minimum absolute atomic E-state index is 0.263. The van der Waals surface area contributed by atoms with Crippen molar-refractivity contribution in [2.75, 3.05) is 11.3 Å². The topological polar surface area (TPSA) is 58.2 Å². The van der Waals surface area contributed by atoms with Crippen LogP contribution in [0.3, 0.4) is 0 Å². The molecular weight excluding hydrogens is 284 g/mol. The third kappa shape index (κ3) is 4.58. The highest BCUT2D eigenvalue weighted by Crippen LogP contribution is 2.16. The molecule has 0 unspecified atom stereocenters. The molecule has 0 amide bonds. The van der Waals surface area contributed by atoms with Gasteiger partial charge in [0.25, 0.3) is 10.0 Å². The quantitative estimate of drug-likeness (QED) is 0.773. The van der Waals surface area contributed by atoms with Crippen LogP contribution < -0.4 is 10.0 Å². The van der Waals surface area contributed by atoms with Gasteiger partial charge in [0.05, 0.1) is 4.90 Å². The normalized spacial score (nSPS) is 11.3. The molecule has 0 bridgehead atoms. The van der Waals surface area contributed by atoms with Crippen molar-refractivity contribution in [1.29, 1.82) is 0 Å². The molecule has 0 aliphatic heterocycles. The van der Waals surface area contributed by atoms with E-state index in [0.29, 0.717) is 5.69 Å². The van der Waals surface area contributed by atoms with E-state index in [9.17, 15) is 8.42 Å². The third-order valence-electron chi connectivity index (χ3n) is 3.02. The van der Waals surface area contributed by atoms with Crippen LogP contribution in [0.1, 0.15) is 18.9 Å². The summed E-state index contributed by atoms with van der Waals surface area (Å²) >= 11 is 0. The first-order valence-corrected chi connectivity index (χ1v) is 8.47. The second-order valence-electron chi connectivity index (χ2n) is 4.79. The number of benzene rings is 2. The Hall–Kier alpha value is -1.85. The van der Waals surface area contributed by atoms with E-state index in [1.165, 1.54) is 0 Å². The van der Waals surface area contributed by atoms with Crippen LogP contribution in [0.15, 0.2) is 59.5 Å². The first kappa shape index (κ1) is 15.5. The lowest BCUT2D eigenvalue weighted by molar-refractivity contribution is 0.601. The Bertz CT molecular complexity index is 652. The van der Waals surface area contributed by atoms with E-state index in [4.69, 9.17) is 0 Å². The summed E-state index contributed by atoms with van der Waals surface area (Å²) < 4.78 is 26.9. The molecule has 0 aromatic heterocycles. The summed E-state index contributed by atoms with van der Waals surface area (Å²) in [7, 11) is -3.51. The van der Waals surface area contributed by atoms with Crippen LogP contribution in [0.25, 0.3) is 0 Å². The molecule has 0 spiro atoms. The zero-order valence-corrected chi connectivity index (χ0v) is 12.9. The van der Waals surface area contributed by atoms with Gasteiger partial charge in [-0.3, -0.25) is 4.72 Å². The van der Waals surface area contributed by atoms with Crippen LogP contribution in [-0.4, -0.2) is 15.0 Å². The highest BCUT2D eigenvalue weighted by molar-refractivity contribution is 7.92. The second kappa shape index (κ2) is 7.24. The Morgan fingerprint density at radius 1 is 0.952 bits per heavy atom. The van der Waals surface area contributed by atoms with Crippen molar-refractivity contribution in [3.05, 3.63) is 60.2 Å². The molecule has 0 saturated heterocycles. The standard InChI is InChI=1S/C16H20N2O2S/c1-2-12-17-13-14-8-10-15(11-9-14)18-21(19,20)16-6-4-3-5-7-16/h3-11,17-18H,2,12-13H2,1H3. The van der Waals surface area contributed by atoms with Crippen LogP contribution >= 0.6 is 0 Å². The lowest BCUT2D eigenvalue weighted by Gasteiger charge is -2.09. The molecular formula is C16H20N2O2S. The Kier molecular flexibility index (Phi) is 5.36. The van der Waals surface area contributed by atoms with Gasteiger partial charge in [-0.05, 0) is 42.8 Å². The van der Waals surface area contributed by atoms with Crippen LogP contribution in [0.2, 0.25) is 0 Å². The molecule has 5 heteroatoms. The molecule has 0 saturated carbocycles. The number of hydrogen-bond donors (Lipinski definition) is 2. The van der Waals surface area contributed by atoms with Crippen molar-refractivity contribution < 1.29 is 8.42 Å². The zero-order valence-electron chi connectivity index (χ0n) is 12.0. The van der Waals surface area contributed by atoms with E-state index < -0.39 is 10.0 Å². The van der Waals surface area contributed by atoms with Gasteiger partial charge in [-0.15, -0.1) is 0 Å². The summed E-state index contributed by atoms with van der Waals surface area (Å²) in [5.74, 6) is 0. The average molecular weight is 304 g/mol. The molecule has 2 rings (SSSR count). The first-order chi connectivity index (χ1) is 10.1. The minimum Gasteiger partial charge on any atom is -0.313 e. The van der Waals surface area contributed by atoms with Gasteiger partial charge < -0.3 is 5.32 Å². The van der Waals surface area contributed by atoms with E-state index in [0.717, 1.165) is 25.1 Å². The van der Waals surface area contributed by atoms with Gasteiger partial charge in [0.2, 0.25) is 0 Å². The molecule has 0 aliphatic carbocycles. The maximum absolute atomic E-state index is 12.2. The number of anilines is 1. The highest BCUT2D eigenvalue weighted by Gasteiger charge is 2.12. The van der Waals surface area contributed by atoms with Gasteiger partial charge in [0.15, 0.2) is 0 Å². The van der Waals surface area contributed by atoms with E-state index in [2.05, 4.69) is 17.0 Å². The maximum Gasteiger partial charge on any atom is 0.261 e. The molecule has 0 heterocycles. The summed E-state index contributed by atoms with van der Waals surface area (Å²) in [6.07, 6.45) is 1.09. The van der Waals surface area contributed by atoms with Gasteiger partial charge in [-0.2, -0.15) is 0 Å². The summed E-state index contributed by atoms with van der Waals surface area (Å²) in [4.78, 5) is 0.263. The van der Waals surface area contributed by atoms with E-state index in [-0.39, 0.29) is 4.90 Å². The van der Waals surface area contributed by atoms with Crippen molar-refractivity contribution in [3.63, 3.8) is 0 Å². The maximum atomic E-state index is 12.2. The summed E-state index contributed by atoms with van der Waals surface area (Å²) in [5.41, 5.74) is 1.70. The zero-order chi connectivity index (χ0) is 15.1. The minimum atomic E-state index is -3.51. The molecule has 2 aromatic rings. The Morgan fingerprint density at radius 2 is 1.62 bits per heavy atom. The van der Waals surface area contributed by atoms with Crippen molar-refractivity contribution >= 4 is 15.7 Å². The first-order valence-electron chi connectivity index (χ1n) is 6.99. The summed E-state index contributed by atoms with van der Waals surface area (Å²) in [6.45, 7) is 3.89.